The average molecular weight is 420 g/mol. The number of para-hydroxylation sites is 1. The molecule has 0 bridgehead atoms. The van der Waals surface area contributed by atoms with Crippen LogP contribution >= 0.6 is 15.9 Å². The fraction of sp³-hybridized carbons (Fsp3) is 0.263. The molecule has 0 amide bonds. The number of aromatic carboxylic acids is 1. The second-order valence-corrected chi connectivity index (χ2v) is 7.60. The van der Waals surface area contributed by atoms with E-state index in [1.165, 1.54) is 17.7 Å². The summed E-state index contributed by atoms with van der Waals surface area (Å²) < 4.78 is 12.8. The van der Waals surface area contributed by atoms with Crippen molar-refractivity contribution in [3.63, 3.8) is 0 Å². The van der Waals surface area contributed by atoms with Crippen LogP contribution in [0.5, 0.6) is 5.75 Å². The second-order valence-electron chi connectivity index (χ2n) is 6.80. The minimum absolute atomic E-state index is 0.0569. The second kappa shape index (κ2) is 6.32. The number of halogens is 1. The van der Waals surface area contributed by atoms with Crippen molar-refractivity contribution < 1.29 is 24.2 Å². The van der Waals surface area contributed by atoms with Gasteiger partial charge in [0.15, 0.2) is 0 Å². The van der Waals surface area contributed by atoms with E-state index in [-0.39, 0.29) is 11.3 Å². The van der Waals surface area contributed by atoms with Gasteiger partial charge in [-0.15, -0.1) is 0 Å². The number of fused-ring (bicyclic) bond motifs is 3. The molecule has 3 rings (SSSR count). The highest BCUT2D eigenvalue weighted by molar-refractivity contribution is 9.10. The van der Waals surface area contributed by atoms with Crippen LogP contribution in [0.1, 0.15) is 31.1 Å². The highest BCUT2D eigenvalue weighted by Crippen LogP contribution is 2.41. The van der Waals surface area contributed by atoms with Gasteiger partial charge in [-0.05, 0) is 48.8 Å². The maximum Gasteiger partial charge on any atom is 0.419 e. The molecule has 1 N–H and O–H groups in total. The Morgan fingerprint density at radius 2 is 1.85 bits per heavy atom. The predicted octanol–water partition coefficient (Wildman–Crippen LogP) is 5.05. The number of rotatable bonds is 2. The Morgan fingerprint density at radius 3 is 2.42 bits per heavy atom. The summed E-state index contributed by atoms with van der Waals surface area (Å²) in [5.41, 5.74) is 0.444. The van der Waals surface area contributed by atoms with Gasteiger partial charge >= 0.3 is 12.1 Å². The van der Waals surface area contributed by atoms with E-state index in [9.17, 15) is 14.7 Å². The highest BCUT2D eigenvalue weighted by Gasteiger charge is 2.27. The van der Waals surface area contributed by atoms with E-state index >= 15 is 0 Å². The molecule has 0 saturated heterocycles. The number of carbonyl (C=O) groups is 2. The highest BCUT2D eigenvalue weighted by atomic mass is 79.9. The normalized spacial score (nSPS) is 11.7. The van der Waals surface area contributed by atoms with Gasteiger partial charge in [0.1, 0.15) is 16.9 Å². The first-order chi connectivity index (χ1) is 12.2. The van der Waals surface area contributed by atoms with Crippen LogP contribution in [0.4, 0.5) is 4.79 Å². The lowest BCUT2D eigenvalue weighted by Crippen LogP contribution is -2.27. The van der Waals surface area contributed by atoms with E-state index in [0.717, 1.165) is 5.39 Å². The van der Waals surface area contributed by atoms with Crippen molar-refractivity contribution in [2.24, 2.45) is 0 Å². The molecule has 0 aliphatic heterocycles. The third kappa shape index (κ3) is 2.92. The molecule has 0 atom stereocenters. The maximum absolute atomic E-state index is 12.9. The van der Waals surface area contributed by atoms with Gasteiger partial charge in [0, 0.05) is 15.2 Å². The Kier molecular flexibility index (Phi) is 4.44. The summed E-state index contributed by atoms with van der Waals surface area (Å²) in [6.45, 7) is 5.36. The number of carboxylic acids is 1. The lowest BCUT2D eigenvalue weighted by molar-refractivity contribution is 0.0550. The van der Waals surface area contributed by atoms with Crippen molar-refractivity contribution in [3.05, 3.63) is 40.4 Å². The molecule has 136 valence electrons. The van der Waals surface area contributed by atoms with Gasteiger partial charge in [0.05, 0.1) is 18.2 Å². The molecular weight excluding hydrogens is 402 g/mol. The zero-order chi connectivity index (χ0) is 19.2. The summed E-state index contributed by atoms with van der Waals surface area (Å²) >= 11 is 3.39. The molecule has 0 spiro atoms. The number of nitrogens with zero attached hydrogens (tertiary/aromatic N) is 1. The molecule has 7 heteroatoms. The van der Waals surface area contributed by atoms with Crippen LogP contribution in [0, 0.1) is 0 Å². The van der Waals surface area contributed by atoms with Crippen LogP contribution in [0.3, 0.4) is 0 Å². The minimum atomic E-state index is -1.09. The Balaban J connectivity index is 2.49. The quantitative estimate of drug-likeness (QED) is 0.628. The van der Waals surface area contributed by atoms with Gasteiger partial charge < -0.3 is 14.6 Å². The molecule has 0 aliphatic carbocycles. The first-order valence-electron chi connectivity index (χ1n) is 7.92. The standard InChI is InChI=1S/C19H18BrNO5/c1-19(2,3)26-18(24)21-12-8-6-5-7-10(12)14-15(20)11(17(22)23)9-13(25-4)16(14)21/h5-9H,1-4H3,(H,22,23). The summed E-state index contributed by atoms with van der Waals surface area (Å²) in [5.74, 6) is -0.811. The molecule has 0 fully saturated rings. The smallest absolute Gasteiger partial charge is 0.419 e. The molecule has 0 unspecified atom stereocenters. The molecule has 0 saturated carbocycles. The monoisotopic (exact) mass is 419 g/mol. The average Bonchev–Trinajstić information content (AvgIpc) is 2.89. The van der Waals surface area contributed by atoms with Gasteiger partial charge in [0.2, 0.25) is 0 Å². The third-order valence-corrected chi connectivity index (χ3v) is 4.69. The number of benzene rings is 2. The van der Waals surface area contributed by atoms with Crippen LogP contribution in [0.2, 0.25) is 0 Å². The summed E-state index contributed by atoms with van der Waals surface area (Å²) in [7, 11) is 1.44. The zero-order valence-electron chi connectivity index (χ0n) is 14.8. The molecule has 3 aromatic rings. The van der Waals surface area contributed by atoms with Gasteiger partial charge in [-0.3, -0.25) is 0 Å². The van der Waals surface area contributed by atoms with E-state index < -0.39 is 17.7 Å². The van der Waals surface area contributed by atoms with E-state index in [4.69, 9.17) is 9.47 Å². The van der Waals surface area contributed by atoms with E-state index in [1.807, 2.05) is 12.1 Å². The number of carboxylic acid groups (broad SMARTS) is 1. The number of hydrogen-bond donors (Lipinski definition) is 1. The molecule has 1 heterocycles. The van der Waals surface area contributed by atoms with Crippen molar-refractivity contribution in [2.75, 3.05) is 7.11 Å². The number of aromatic nitrogens is 1. The number of ether oxygens (including phenoxy) is 2. The maximum atomic E-state index is 12.9. The molecular formula is C19H18BrNO5. The summed E-state index contributed by atoms with van der Waals surface area (Å²) in [4.78, 5) is 24.5. The molecule has 1 aromatic heterocycles. The van der Waals surface area contributed by atoms with Crippen LogP contribution in [-0.4, -0.2) is 34.4 Å². The number of carbonyl (C=O) groups excluding carboxylic acids is 1. The fourth-order valence-electron chi connectivity index (χ4n) is 2.90. The first-order valence-corrected chi connectivity index (χ1v) is 8.71. The lowest BCUT2D eigenvalue weighted by Gasteiger charge is -2.20. The van der Waals surface area contributed by atoms with Crippen molar-refractivity contribution >= 4 is 49.8 Å². The Labute approximate surface area is 158 Å². The molecule has 6 nitrogen and oxygen atoms in total. The summed E-state index contributed by atoms with van der Waals surface area (Å²) in [6, 6.07) is 8.64. The topological polar surface area (TPSA) is 77.8 Å². The largest absolute Gasteiger partial charge is 0.495 e. The molecule has 0 aliphatic rings. The van der Waals surface area contributed by atoms with Gasteiger partial charge in [-0.2, -0.15) is 0 Å². The van der Waals surface area contributed by atoms with Gasteiger partial charge in [-0.25, -0.2) is 14.2 Å². The van der Waals surface area contributed by atoms with Crippen LogP contribution < -0.4 is 4.74 Å². The minimum Gasteiger partial charge on any atom is -0.495 e. The van der Waals surface area contributed by atoms with Crippen molar-refractivity contribution in [3.8, 4) is 5.75 Å². The van der Waals surface area contributed by atoms with Crippen LogP contribution in [0.25, 0.3) is 21.8 Å². The number of hydrogen-bond acceptors (Lipinski definition) is 4. The van der Waals surface area contributed by atoms with Crippen molar-refractivity contribution in [1.29, 1.82) is 0 Å². The third-order valence-electron chi connectivity index (χ3n) is 3.87. The molecule has 2 aromatic carbocycles. The molecule has 0 radical (unpaired) electrons. The summed E-state index contributed by atoms with van der Waals surface area (Å²) in [6.07, 6.45) is -0.558. The summed E-state index contributed by atoms with van der Waals surface area (Å²) in [5, 5.41) is 10.8. The predicted molar refractivity (Wildman–Crippen MR) is 102 cm³/mol. The zero-order valence-corrected chi connectivity index (χ0v) is 16.4. The Bertz CT molecular complexity index is 1050. The fourth-order valence-corrected chi connectivity index (χ4v) is 3.59. The van der Waals surface area contributed by atoms with Gasteiger partial charge in [0.25, 0.3) is 0 Å². The van der Waals surface area contributed by atoms with Gasteiger partial charge in [-0.1, -0.05) is 18.2 Å². The van der Waals surface area contributed by atoms with Crippen molar-refractivity contribution in [1.82, 2.24) is 4.57 Å². The first kappa shape index (κ1) is 18.3. The Hall–Kier alpha value is -2.54. The van der Waals surface area contributed by atoms with Crippen LogP contribution in [-0.2, 0) is 4.74 Å². The van der Waals surface area contributed by atoms with E-state index in [1.54, 1.807) is 32.9 Å². The molecule has 26 heavy (non-hydrogen) atoms. The van der Waals surface area contributed by atoms with Crippen molar-refractivity contribution in [2.45, 2.75) is 26.4 Å². The Morgan fingerprint density at radius 1 is 1.19 bits per heavy atom. The van der Waals surface area contributed by atoms with Crippen LogP contribution in [0.15, 0.2) is 34.8 Å². The SMILES string of the molecule is COc1cc(C(=O)O)c(Br)c2c3ccccc3n(C(=O)OC(C)(C)C)c12. The van der Waals surface area contributed by atoms with E-state index in [0.29, 0.717) is 20.9 Å². The number of methoxy groups -OCH3 is 1. The van der Waals surface area contributed by atoms with E-state index in [2.05, 4.69) is 15.9 Å². The lowest BCUT2D eigenvalue weighted by atomic mass is 10.1.